The van der Waals surface area contributed by atoms with Crippen LogP contribution in [0, 0.1) is 6.92 Å². The third-order valence-electron chi connectivity index (χ3n) is 2.58. The maximum absolute atomic E-state index is 12.3. The number of rotatable bonds is 3. The van der Waals surface area contributed by atoms with E-state index in [1.807, 2.05) is 13.1 Å². The van der Waals surface area contributed by atoms with Crippen molar-refractivity contribution in [3.05, 3.63) is 49.3 Å². The van der Waals surface area contributed by atoms with Crippen molar-refractivity contribution < 1.29 is 4.79 Å². The van der Waals surface area contributed by atoms with Gasteiger partial charge in [-0.25, -0.2) is 4.98 Å². The van der Waals surface area contributed by atoms with E-state index >= 15 is 0 Å². The largest absolute Gasteiger partial charge is 0.337 e. The average molecular weight is 360 g/mol. The summed E-state index contributed by atoms with van der Waals surface area (Å²) in [6, 6.07) is 5.17. The molecule has 19 heavy (non-hydrogen) atoms. The van der Waals surface area contributed by atoms with E-state index in [4.69, 9.17) is 11.6 Å². The maximum atomic E-state index is 12.3. The molecular weight excluding hydrogens is 348 g/mol. The molecule has 2 rings (SSSR count). The second kappa shape index (κ2) is 6.03. The number of hydrogen-bond acceptors (Lipinski definition) is 3. The summed E-state index contributed by atoms with van der Waals surface area (Å²) in [5.41, 5.74) is 0.611. The average Bonchev–Trinajstić information content (AvgIpc) is 2.77. The number of benzene rings is 1. The minimum Gasteiger partial charge on any atom is -0.337 e. The molecule has 0 aliphatic rings. The highest BCUT2D eigenvalue weighted by Gasteiger charge is 2.14. The molecule has 3 nitrogen and oxygen atoms in total. The molecule has 1 amide bonds. The molecule has 6 heteroatoms. The molecule has 0 aliphatic carbocycles. The van der Waals surface area contributed by atoms with Gasteiger partial charge in [0.1, 0.15) is 0 Å². The molecule has 0 atom stereocenters. The minimum absolute atomic E-state index is 0.0385. The fourth-order valence-corrected chi connectivity index (χ4v) is 2.98. The number of aromatic nitrogens is 1. The van der Waals surface area contributed by atoms with Crippen LogP contribution in [-0.4, -0.2) is 22.8 Å². The van der Waals surface area contributed by atoms with E-state index in [2.05, 4.69) is 20.9 Å². The first kappa shape index (κ1) is 14.5. The van der Waals surface area contributed by atoms with Crippen molar-refractivity contribution in [3.8, 4) is 0 Å². The predicted molar refractivity (Wildman–Crippen MR) is 81.8 cm³/mol. The second-order valence-electron chi connectivity index (χ2n) is 4.14. The van der Waals surface area contributed by atoms with E-state index in [9.17, 15) is 4.79 Å². The van der Waals surface area contributed by atoms with E-state index in [0.717, 1.165) is 14.4 Å². The van der Waals surface area contributed by atoms with Crippen LogP contribution in [0.2, 0.25) is 5.02 Å². The molecular formula is C13H12BrClN2OS. The summed E-state index contributed by atoms with van der Waals surface area (Å²) in [5, 5.41) is 1.60. The third-order valence-corrected chi connectivity index (χ3v) is 4.69. The van der Waals surface area contributed by atoms with Gasteiger partial charge in [-0.15, -0.1) is 11.3 Å². The molecule has 0 N–H and O–H groups in total. The highest BCUT2D eigenvalue weighted by atomic mass is 79.9. The number of hydrogen-bond donors (Lipinski definition) is 0. The minimum atomic E-state index is -0.0385. The number of carbonyl (C=O) groups is 1. The lowest BCUT2D eigenvalue weighted by atomic mass is 10.2. The zero-order valence-electron chi connectivity index (χ0n) is 10.5. The number of nitrogens with zero attached hydrogens (tertiary/aromatic N) is 2. The zero-order valence-corrected chi connectivity index (χ0v) is 13.6. The summed E-state index contributed by atoms with van der Waals surface area (Å²) in [5.74, 6) is -0.0385. The monoisotopic (exact) mass is 358 g/mol. The van der Waals surface area contributed by atoms with Crippen molar-refractivity contribution in [1.82, 2.24) is 9.88 Å². The molecule has 0 bridgehead atoms. The molecule has 1 heterocycles. The van der Waals surface area contributed by atoms with E-state index in [1.54, 1.807) is 41.5 Å². The second-order valence-corrected chi connectivity index (χ2v) is 6.72. The predicted octanol–water partition coefficient (Wildman–Crippen LogP) is 4.14. The van der Waals surface area contributed by atoms with Gasteiger partial charge in [-0.3, -0.25) is 4.79 Å². The molecule has 100 valence electrons. The van der Waals surface area contributed by atoms with E-state index in [0.29, 0.717) is 17.1 Å². The van der Waals surface area contributed by atoms with Crippen LogP contribution in [0.5, 0.6) is 0 Å². The van der Waals surface area contributed by atoms with Crippen LogP contribution in [-0.2, 0) is 6.54 Å². The fraction of sp³-hybridized carbons (Fsp3) is 0.231. The summed E-state index contributed by atoms with van der Waals surface area (Å²) in [7, 11) is 1.78. The van der Waals surface area contributed by atoms with Crippen LogP contribution in [0.3, 0.4) is 0 Å². The van der Waals surface area contributed by atoms with Crippen molar-refractivity contribution in [1.29, 1.82) is 0 Å². The maximum Gasteiger partial charge on any atom is 0.253 e. The van der Waals surface area contributed by atoms with Crippen molar-refractivity contribution >= 4 is 44.8 Å². The summed E-state index contributed by atoms with van der Waals surface area (Å²) >= 11 is 10.8. The van der Waals surface area contributed by atoms with Gasteiger partial charge in [0.25, 0.3) is 5.91 Å². The van der Waals surface area contributed by atoms with Crippen molar-refractivity contribution in [2.75, 3.05) is 7.05 Å². The lowest BCUT2D eigenvalue weighted by Gasteiger charge is -2.16. The molecule has 0 spiro atoms. The highest BCUT2D eigenvalue weighted by molar-refractivity contribution is 9.10. The molecule has 0 saturated heterocycles. The van der Waals surface area contributed by atoms with Crippen LogP contribution in [0.1, 0.15) is 20.2 Å². The van der Waals surface area contributed by atoms with E-state index in [1.165, 1.54) is 0 Å². The van der Waals surface area contributed by atoms with E-state index in [-0.39, 0.29) is 5.91 Å². The molecule has 0 unspecified atom stereocenters. The summed E-state index contributed by atoms with van der Waals surface area (Å²) in [6.45, 7) is 2.51. The Kier molecular flexibility index (Phi) is 4.60. The third kappa shape index (κ3) is 3.55. The summed E-state index contributed by atoms with van der Waals surface area (Å²) in [4.78, 5) is 19.2. The van der Waals surface area contributed by atoms with Gasteiger partial charge in [-0.05, 0) is 41.1 Å². The number of thiazole rings is 1. The normalized spacial score (nSPS) is 10.5. The van der Waals surface area contributed by atoms with E-state index < -0.39 is 0 Å². The Hall–Kier alpha value is -0.910. The standard InChI is InChI=1S/C13H12BrClN2OS/c1-8-16-6-10(19-8)7-17(2)13(18)9-3-4-12(15)11(14)5-9/h3-6H,7H2,1-2H3. The summed E-state index contributed by atoms with van der Waals surface area (Å²) < 4.78 is 0.724. The summed E-state index contributed by atoms with van der Waals surface area (Å²) in [6.07, 6.45) is 1.81. The van der Waals surface area contributed by atoms with Crippen LogP contribution in [0.25, 0.3) is 0 Å². The van der Waals surface area contributed by atoms with Crippen LogP contribution >= 0.6 is 38.9 Å². The lowest BCUT2D eigenvalue weighted by Crippen LogP contribution is -2.25. The Bertz CT molecular complexity index is 614. The first-order valence-electron chi connectivity index (χ1n) is 5.59. The molecule has 1 aromatic heterocycles. The molecule has 2 aromatic rings. The Morgan fingerprint density at radius 3 is 2.84 bits per heavy atom. The highest BCUT2D eigenvalue weighted by Crippen LogP contribution is 2.24. The number of halogens is 2. The Balaban J connectivity index is 2.12. The number of aryl methyl sites for hydroxylation is 1. The van der Waals surface area contributed by atoms with Gasteiger partial charge in [0, 0.05) is 28.2 Å². The Morgan fingerprint density at radius 1 is 1.53 bits per heavy atom. The first-order chi connectivity index (χ1) is 8.97. The smallest absolute Gasteiger partial charge is 0.253 e. The Morgan fingerprint density at radius 2 is 2.26 bits per heavy atom. The zero-order chi connectivity index (χ0) is 14.0. The molecule has 0 radical (unpaired) electrons. The van der Waals surface area contributed by atoms with Gasteiger partial charge >= 0.3 is 0 Å². The van der Waals surface area contributed by atoms with Gasteiger partial charge in [0.05, 0.1) is 16.6 Å². The van der Waals surface area contributed by atoms with Gasteiger partial charge in [-0.1, -0.05) is 11.6 Å². The fourth-order valence-electron chi connectivity index (χ4n) is 1.63. The van der Waals surface area contributed by atoms with Gasteiger partial charge < -0.3 is 4.90 Å². The lowest BCUT2D eigenvalue weighted by molar-refractivity contribution is 0.0786. The van der Waals surface area contributed by atoms with Gasteiger partial charge in [-0.2, -0.15) is 0 Å². The molecule has 1 aromatic carbocycles. The van der Waals surface area contributed by atoms with Crippen LogP contribution in [0.4, 0.5) is 0 Å². The topological polar surface area (TPSA) is 33.2 Å². The molecule has 0 aliphatic heterocycles. The Labute approximate surface area is 129 Å². The molecule has 0 fully saturated rings. The van der Waals surface area contributed by atoms with Crippen LogP contribution < -0.4 is 0 Å². The van der Waals surface area contributed by atoms with Crippen molar-refractivity contribution in [2.24, 2.45) is 0 Å². The number of amides is 1. The van der Waals surface area contributed by atoms with Gasteiger partial charge in [0.15, 0.2) is 0 Å². The molecule has 0 saturated carbocycles. The SMILES string of the molecule is Cc1ncc(CN(C)C(=O)c2ccc(Cl)c(Br)c2)s1. The quantitative estimate of drug-likeness (QED) is 0.825. The van der Waals surface area contributed by atoms with Crippen LogP contribution in [0.15, 0.2) is 28.9 Å². The van der Waals surface area contributed by atoms with Gasteiger partial charge in [0.2, 0.25) is 0 Å². The number of carbonyl (C=O) groups excluding carboxylic acids is 1. The van der Waals surface area contributed by atoms with Crippen molar-refractivity contribution in [2.45, 2.75) is 13.5 Å². The first-order valence-corrected chi connectivity index (χ1v) is 7.58. The van der Waals surface area contributed by atoms with Crippen molar-refractivity contribution in [3.63, 3.8) is 0 Å².